The average Bonchev–Trinajstić information content (AvgIpc) is 3.26. The van der Waals surface area contributed by atoms with E-state index in [9.17, 15) is 58.6 Å². The Morgan fingerprint density at radius 3 is 1.59 bits per heavy atom. The summed E-state index contributed by atoms with van der Waals surface area (Å²) in [5, 5.41) is 41.2. The van der Waals surface area contributed by atoms with Gasteiger partial charge in [-0.15, -0.1) is 0 Å². The molecule has 5 unspecified atom stereocenters. The number of aliphatic hydroxyl groups is 4. The second-order valence-corrected chi connectivity index (χ2v) is 19.5. The lowest BCUT2D eigenvalue weighted by Crippen LogP contribution is -2.64. The molecule has 17 nitrogen and oxygen atoms in total. The molecule has 1 fully saturated rings. The lowest BCUT2D eigenvalue weighted by molar-refractivity contribution is -0.216. The SMILES string of the molecule is CCCCC/C=C\C/C=C\CCCCCCCCCC(=O)O[C@H](COC(=O)CCCCCCC/C=C\C=C\C(=O)CCCCC)COP(=O)(O)O[C@H]1C(O)C(O)C(O)[C@@H](OP(=O)(O)O)C1O. The molecule has 0 bridgehead atoms. The van der Waals surface area contributed by atoms with Crippen LogP contribution in [0.1, 0.15) is 174 Å². The molecule has 0 saturated heterocycles. The van der Waals surface area contributed by atoms with Crippen molar-refractivity contribution in [3.05, 3.63) is 48.6 Å². The van der Waals surface area contributed by atoms with Crippen molar-refractivity contribution in [3.8, 4) is 0 Å². The fourth-order valence-electron chi connectivity index (χ4n) is 7.04. The Balaban J connectivity index is 2.61. The number of phosphoric acid groups is 2. The van der Waals surface area contributed by atoms with Crippen molar-refractivity contribution < 1.29 is 81.7 Å². The summed E-state index contributed by atoms with van der Waals surface area (Å²) in [6.45, 7) is 2.90. The molecule has 0 aliphatic heterocycles. The predicted octanol–water partition coefficient (Wildman–Crippen LogP) is 8.46. The Bertz CT molecular complexity index is 1530. The molecule has 0 aromatic rings. The molecule has 1 aliphatic rings. The zero-order valence-corrected chi connectivity index (χ0v) is 41.1. The van der Waals surface area contributed by atoms with Crippen LogP contribution in [-0.4, -0.2) is 109 Å². The fourth-order valence-corrected chi connectivity index (χ4v) is 8.58. The van der Waals surface area contributed by atoms with E-state index >= 15 is 0 Å². The third-order valence-electron chi connectivity index (χ3n) is 10.9. The lowest BCUT2D eigenvalue weighted by atomic mass is 9.85. The quantitative estimate of drug-likeness (QED) is 0.00757. The van der Waals surface area contributed by atoms with Gasteiger partial charge in [0.15, 0.2) is 11.9 Å². The maximum absolute atomic E-state index is 13.0. The Kier molecular flexibility index (Phi) is 35.0. The number of hydrogen-bond acceptors (Lipinski definition) is 14. The summed E-state index contributed by atoms with van der Waals surface area (Å²) in [5.74, 6) is -1.15. The first kappa shape index (κ1) is 61.6. The van der Waals surface area contributed by atoms with Gasteiger partial charge in [-0.05, 0) is 70.3 Å². The standard InChI is InChI=1S/C47H82O17P2/c1-3-5-7-8-9-10-11-12-13-14-15-16-17-20-24-27-31-35-41(50)62-39(36-60-40(49)34-30-26-23-21-18-19-22-25-29-33-38(48)32-28-6-4-2)37-61-66(58,59)64-47-44(53)42(51)43(52)46(45(47)54)63-65(55,56)57/h9-10,12-13,22,25,29,33,39,42-47,51-54H,3-8,11,14-21,23-24,26-28,30-32,34-37H2,1-2H3,(H,58,59)(H2,55,56,57)/b10-9-,13-12-,25-22-,33-29+/t39-,42?,43?,44?,45?,46-,47+/m1/s1. The van der Waals surface area contributed by atoms with Crippen molar-refractivity contribution >= 4 is 33.4 Å². The minimum absolute atomic E-state index is 0.0164. The Hall–Kier alpha value is -2.37. The second-order valence-electron chi connectivity index (χ2n) is 16.9. The molecule has 0 heterocycles. The first-order valence-corrected chi connectivity index (χ1v) is 27.2. The van der Waals surface area contributed by atoms with Gasteiger partial charge in [-0.1, -0.05) is 133 Å². The highest BCUT2D eigenvalue weighted by atomic mass is 31.2. The molecule has 0 aromatic heterocycles. The maximum Gasteiger partial charge on any atom is 0.472 e. The Morgan fingerprint density at radius 1 is 0.530 bits per heavy atom. The number of unbranched alkanes of at least 4 members (excludes halogenated alkanes) is 17. The first-order chi connectivity index (χ1) is 31.5. The van der Waals surface area contributed by atoms with Crippen molar-refractivity contribution in [1.29, 1.82) is 0 Å². The van der Waals surface area contributed by atoms with E-state index in [0.29, 0.717) is 19.3 Å². The van der Waals surface area contributed by atoms with Crippen molar-refractivity contribution in [3.63, 3.8) is 0 Å². The van der Waals surface area contributed by atoms with Crippen molar-refractivity contribution in [1.82, 2.24) is 0 Å². The third-order valence-corrected chi connectivity index (χ3v) is 12.4. The van der Waals surface area contributed by atoms with E-state index in [4.69, 9.17) is 18.5 Å². The molecular weight excluding hydrogens is 898 g/mol. The van der Waals surface area contributed by atoms with Crippen LogP contribution < -0.4 is 0 Å². The average molecular weight is 981 g/mol. The Morgan fingerprint density at radius 2 is 1.02 bits per heavy atom. The fraction of sp³-hybridized carbons (Fsp3) is 0.766. The number of ether oxygens (including phenoxy) is 2. The van der Waals surface area contributed by atoms with E-state index in [1.807, 2.05) is 12.2 Å². The van der Waals surface area contributed by atoms with E-state index in [1.165, 1.54) is 19.3 Å². The van der Waals surface area contributed by atoms with E-state index < -0.39 is 83.5 Å². The summed E-state index contributed by atoms with van der Waals surface area (Å²) in [7, 11) is -10.7. The van der Waals surface area contributed by atoms with Gasteiger partial charge in [-0.3, -0.25) is 28.0 Å². The van der Waals surface area contributed by atoms with Gasteiger partial charge >= 0.3 is 27.6 Å². The van der Waals surface area contributed by atoms with Gasteiger partial charge in [0.1, 0.15) is 43.2 Å². The number of esters is 2. The van der Waals surface area contributed by atoms with Gasteiger partial charge in [0.25, 0.3) is 0 Å². The summed E-state index contributed by atoms with van der Waals surface area (Å²) >= 11 is 0. The molecule has 19 heteroatoms. The van der Waals surface area contributed by atoms with Crippen LogP contribution in [-0.2, 0) is 46.6 Å². The van der Waals surface area contributed by atoms with E-state index in [0.717, 1.165) is 109 Å². The van der Waals surface area contributed by atoms with Crippen LogP contribution in [0.5, 0.6) is 0 Å². The molecular formula is C47H82O17P2. The van der Waals surface area contributed by atoms with Gasteiger partial charge in [-0.25, -0.2) is 9.13 Å². The molecule has 66 heavy (non-hydrogen) atoms. The highest BCUT2D eigenvalue weighted by Gasteiger charge is 2.54. The largest absolute Gasteiger partial charge is 0.472 e. The summed E-state index contributed by atoms with van der Waals surface area (Å²) in [6.07, 6.45) is 23.3. The molecule has 1 saturated carbocycles. The molecule has 0 amide bonds. The van der Waals surface area contributed by atoms with Crippen LogP contribution in [0.3, 0.4) is 0 Å². The van der Waals surface area contributed by atoms with Gasteiger partial charge in [0, 0.05) is 19.3 Å². The minimum Gasteiger partial charge on any atom is -0.462 e. The van der Waals surface area contributed by atoms with Crippen molar-refractivity contribution in [2.75, 3.05) is 13.2 Å². The van der Waals surface area contributed by atoms with Crippen LogP contribution in [0.4, 0.5) is 0 Å². The number of allylic oxidation sites excluding steroid dienone is 8. The van der Waals surface area contributed by atoms with Gasteiger partial charge in [0.2, 0.25) is 0 Å². The summed E-state index contributed by atoms with van der Waals surface area (Å²) in [5.41, 5.74) is 0. The predicted molar refractivity (Wildman–Crippen MR) is 251 cm³/mol. The zero-order valence-electron chi connectivity index (χ0n) is 39.4. The van der Waals surface area contributed by atoms with E-state index in [2.05, 4.69) is 42.7 Å². The maximum atomic E-state index is 13.0. The number of hydrogen-bond donors (Lipinski definition) is 7. The van der Waals surface area contributed by atoms with Crippen LogP contribution in [0.15, 0.2) is 48.6 Å². The van der Waals surface area contributed by atoms with Crippen LogP contribution in [0.25, 0.3) is 0 Å². The van der Waals surface area contributed by atoms with Gasteiger partial charge in [0.05, 0.1) is 6.61 Å². The topological polar surface area (TPSA) is 273 Å². The number of aliphatic hydroxyl groups excluding tert-OH is 4. The number of ketones is 1. The minimum atomic E-state index is -5.38. The monoisotopic (exact) mass is 981 g/mol. The van der Waals surface area contributed by atoms with E-state index in [1.54, 1.807) is 12.2 Å². The summed E-state index contributed by atoms with van der Waals surface area (Å²) in [4.78, 5) is 66.1. The molecule has 0 spiro atoms. The van der Waals surface area contributed by atoms with Crippen molar-refractivity contribution in [2.24, 2.45) is 0 Å². The van der Waals surface area contributed by atoms with E-state index in [-0.39, 0.29) is 18.6 Å². The number of carbonyl (C=O) groups is 3. The highest BCUT2D eigenvalue weighted by molar-refractivity contribution is 7.47. The molecule has 1 rings (SSSR count). The summed E-state index contributed by atoms with van der Waals surface area (Å²) in [6, 6.07) is 0. The Labute approximate surface area is 392 Å². The zero-order chi connectivity index (χ0) is 49.1. The van der Waals surface area contributed by atoms with Gasteiger partial charge in [-0.2, -0.15) is 0 Å². The molecule has 1 aliphatic carbocycles. The number of carbonyl (C=O) groups excluding carboxylic acids is 3. The first-order valence-electron chi connectivity index (χ1n) is 24.1. The van der Waals surface area contributed by atoms with Crippen LogP contribution >= 0.6 is 15.6 Å². The summed E-state index contributed by atoms with van der Waals surface area (Å²) < 4.78 is 49.3. The molecule has 0 radical (unpaired) electrons. The molecule has 0 aromatic carbocycles. The number of phosphoric ester groups is 2. The highest BCUT2D eigenvalue weighted by Crippen LogP contribution is 2.49. The number of rotatable bonds is 40. The molecule has 7 N–H and O–H groups in total. The lowest BCUT2D eigenvalue weighted by Gasteiger charge is -2.43. The third kappa shape index (κ3) is 31.6. The second kappa shape index (κ2) is 37.5. The van der Waals surface area contributed by atoms with Crippen LogP contribution in [0, 0.1) is 0 Å². The smallest absolute Gasteiger partial charge is 0.462 e. The molecule has 382 valence electrons. The normalized spacial score (nSPS) is 21.8. The van der Waals surface area contributed by atoms with Gasteiger partial charge < -0.3 is 44.6 Å². The van der Waals surface area contributed by atoms with Crippen LogP contribution in [0.2, 0.25) is 0 Å². The van der Waals surface area contributed by atoms with Crippen molar-refractivity contribution in [2.45, 2.75) is 217 Å². The molecule has 8 atom stereocenters.